The number of benzene rings is 2. The summed E-state index contributed by atoms with van der Waals surface area (Å²) in [5, 5.41) is 4.67. The Morgan fingerprint density at radius 2 is 1.76 bits per heavy atom. The normalized spacial score (nSPS) is 13.7. The van der Waals surface area contributed by atoms with Crippen molar-refractivity contribution in [3.8, 4) is 11.4 Å². The van der Waals surface area contributed by atoms with Crippen molar-refractivity contribution in [3.05, 3.63) is 80.1 Å². The van der Waals surface area contributed by atoms with E-state index in [2.05, 4.69) is 41.9 Å². The van der Waals surface area contributed by atoms with Crippen molar-refractivity contribution in [2.75, 3.05) is 0 Å². The van der Waals surface area contributed by atoms with E-state index in [1.807, 2.05) is 6.07 Å². The van der Waals surface area contributed by atoms with Crippen LogP contribution in [0.4, 0.5) is 13.2 Å². The van der Waals surface area contributed by atoms with E-state index in [1.165, 1.54) is 16.8 Å². The summed E-state index contributed by atoms with van der Waals surface area (Å²) in [7, 11) is 0. The molecule has 1 aliphatic carbocycles. The number of pyridine rings is 1. The molecule has 174 valence electrons. The Balaban J connectivity index is 1.46. The lowest BCUT2D eigenvalue weighted by Crippen LogP contribution is -2.11. The first-order valence-electron chi connectivity index (χ1n) is 10.5. The van der Waals surface area contributed by atoms with Crippen LogP contribution in [0.25, 0.3) is 16.6 Å². The quantitative estimate of drug-likeness (QED) is 0.188. The molecule has 1 aliphatic rings. The Morgan fingerprint density at radius 3 is 2.50 bits per heavy atom. The number of ether oxygens (including phenoxy) is 1. The van der Waals surface area contributed by atoms with Crippen LogP contribution in [0.5, 0.6) is 5.75 Å². The van der Waals surface area contributed by atoms with Gasteiger partial charge in [0, 0.05) is 27.3 Å². The number of alkyl halides is 3. The molecule has 0 atom stereocenters. The second kappa shape index (κ2) is 8.81. The van der Waals surface area contributed by atoms with Crippen molar-refractivity contribution in [1.82, 2.24) is 14.8 Å². The first kappa shape index (κ1) is 23.0. The van der Waals surface area contributed by atoms with E-state index in [0.717, 1.165) is 16.3 Å². The molecule has 0 fully saturated rings. The van der Waals surface area contributed by atoms with Gasteiger partial charge in [-0.1, -0.05) is 22.0 Å². The molecular weight excluding hydrogens is 579 g/mol. The topological polar surface area (TPSA) is 57.0 Å². The lowest BCUT2D eigenvalue weighted by atomic mass is 9.95. The zero-order valence-corrected chi connectivity index (χ0v) is 20.7. The lowest BCUT2D eigenvalue weighted by molar-refractivity contribution is -0.142. The minimum Gasteiger partial charge on any atom is -0.419 e. The molecule has 0 aliphatic heterocycles. The minimum atomic E-state index is -4.51. The molecule has 5 nitrogen and oxygen atoms in total. The zero-order chi connectivity index (χ0) is 24.0. The number of aromatic nitrogens is 3. The molecule has 0 spiro atoms. The van der Waals surface area contributed by atoms with Gasteiger partial charge in [-0.3, -0.25) is 4.98 Å². The molecule has 34 heavy (non-hydrogen) atoms. The van der Waals surface area contributed by atoms with Gasteiger partial charge in [0.1, 0.15) is 5.52 Å². The maximum atomic E-state index is 13.5. The largest absolute Gasteiger partial charge is 0.435 e. The molecule has 0 bridgehead atoms. The second-order valence-corrected chi connectivity index (χ2v) is 9.60. The number of carbonyl (C=O) groups is 1. The summed E-state index contributed by atoms with van der Waals surface area (Å²) in [4.78, 5) is 17.2. The van der Waals surface area contributed by atoms with E-state index in [4.69, 9.17) is 4.74 Å². The highest BCUT2D eigenvalue weighted by atomic mass is 79.9. The standard InChI is InChI=1S/C24H16Br2F3N3O2/c25-17-12-18(26)21(20-15(17)5-3-11-30-20)34-23(33)13-7-9-14(10-8-13)32-19-6-2-1-4-16(19)22(31-32)24(27,28)29/h3,5,7-12H,1-2,4,6H2. The Hall–Kier alpha value is -2.72. The first-order chi connectivity index (χ1) is 16.2. The van der Waals surface area contributed by atoms with Crippen LogP contribution >= 0.6 is 31.9 Å². The third kappa shape index (κ3) is 4.13. The molecule has 0 amide bonds. The molecule has 0 saturated heterocycles. The van der Waals surface area contributed by atoms with E-state index in [9.17, 15) is 18.0 Å². The smallest absolute Gasteiger partial charge is 0.419 e. The van der Waals surface area contributed by atoms with Gasteiger partial charge in [0.05, 0.1) is 15.7 Å². The SMILES string of the molecule is O=C(Oc1c(Br)cc(Br)c2cccnc12)c1ccc(-n2nc(C(F)(F)F)c3c2CCCC3)cc1. The fourth-order valence-electron chi connectivity index (χ4n) is 4.17. The summed E-state index contributed by atoms with van der Waals surface area (Å²) in [6, 6.07) is 11.6. The van der Waals surface area contributed by atoms with Crippen molar-refractivity contribution in [1.29, 1.82) is 0 Å². The molecule has 4 aromatic rings. The second-order valence-electron chi connectivity index (χ2n) is 7.90. The maximum Gasteiger partial charge on any atom is 0.435 e. The van der Waals surface area contributed by atoms with Crippen molar-refractivity contribution in [3.63, 3.8) is 0 Å². The number of halogens is 5. The third-order valence-electron chi connectivity index (χ3n) is 5.74. The highest BCUT2D eigenvalue weighted by Gasteiger charge is 2.39. The molecule has 0 saturated carbocycles. The van der Waals surface area contributed by atoms with Gasteiger partial charge in [-0.2, -0.15) is 18.3 Å². The van der Waals surface area contributed by atoms with Crippen LogP contribution in [0.1, 0.15) is 40.2 Å². The number of rotatable bonds is 3. The molecule has 2 heterocycles. The highest BCUT2D eigenvalue weighted by molar-refractivity contribution is 9.11. The Kier molecular flexibility index (Phi) is 5.97. The average Bonchev–Trinajstić information content (AvgIpc) is 3.22. The van der Waals surface area contributed by atoms with Crippen LogP contribution in [0, 0.1) is 0 Å². The summed E-state index contributed by atoms with van der Waals surface area (Å²) in [5.41, 5.74) is 1.23. The van der Waals surface area contributed by atoms with Gasteiger partial charge in [-0.25, -0.2) is 9.48 Å². The van der Waals surface area contributed by atoms with Crippen molar-refractivity contribution >= 4 is 48.7 Å². The first-order valence-corrected chi connectivity index (χ1v) is 12.1. The Labute approximate surface area is 209 Å². The summed E-state index contributed by atoms with van der Waals surface area (Å²) >= 11 is 6.89. The molecule has 5 rings (SSSR count). The van der Waals surface area contributed by atoms with Gasteiger partial charge in [0.15, 0.2) is 11.4 Å². The van der Waals surface area contributed by atoms with Gasteiger partial charge in [-0.15, -0.1) is 0 Å². The minimum absolute atomic E-state index is 0.250. The van der Waals surface area contributed by atoms with Crippen LogP contribution in [0.3, 0.4) is 0 Å². The predicted molar refractivity (Wildman–Crippen MR) is 127 cm³/mol. The molecule has 0 radical (unpaired) electrons. The van der Waals surface area contributed by atoms with Crippen molar-refractivity contribution in [2.24, 2.45) is 0 Å². The van der Waals surface area contributed by atoms with E-state index in [-0.39, 0.29) is 16.9 Å². The molecule has 0 unspecified atom stereocenters. The van der Waals surface area contributed by atoms with Crippen LogP contribution < -0.4 is 4.74 Å². The number of hydrogen-bond donors (Lipinski definition) is 0. The average molecular weight is 595 g/mol. The zero-order valence-electron chi connectivity index (χ0n) is 17.5. The molecule has 2 aromatic heterocycles. The van der Waals surface area contributed by atoms with Crippen LogP contribution in [-0.2, 0) is 19.0 Å². The van der Waals surface area contributed by atoms with Gasteiger partial charge in [0.25, 0.3) is 0 Å². The number of carbonyl (C=O) groups excluding carboxylic acids is 1. The summed E-state index contributed by atoms with van der Waals surface area (Å²) in [6.45, 7) is 0. The monoisotopic (exact) mass is 593 g/mol. The summed E-state index contributed by atoms with van der Waals surface area (Å²) in [6.07, 6.45) is -0.497. The summed E-state index contributed by atoms with van der Waals surface area (Å²) in [5.74, 6) is -0.330. The maximum absolute atomic E-state index is 13.5. The number of fused-ring (bicyclic) bond motifs is 2. The third-order valence-corrected chi connectivity index (χ3v) is 6.99. The lowest BCUT2D eigenvalue weighted by Gasteiger charge is -2.15. The van der Waals surface area contributed by atoms with Gasteiger partial charge in [0.2, 0.25) is 0 Å². The highest BCUT2D eigenvalue weighted by Crippen LogP contribution is 2.38. The fourth-order valence-corrected chi connectivity index (χ4v) is 5.53. The predicted octanol–water partition coefficient (Wildman–Crippen LogP) is 7.06. The van der Waals surface area contributed by atoms with Gasteiger partial charge < -0.3 is 4.74 Å². The number of hydrogen-bond acceptors (Lipinski definition) is 4. The molecule has 2 aromatic carbocycles. The number of esters is 1. The van der Waals surface area contributed by atoms with Crippen LogP contribution in [-0.4, -0.2) is 20.7 Å². The van der Waals surface area contributed by atoms with E-state index >= 15 is 0 Å². The molecular formula is C24H16Br2F3N3O2. The molecule has 10 heteroatoms. The fraction of sp³-hybridized carbons (Fsp3) is 0.208. The van der Waals surface area contributed by atoms with Crippen LogP contribution in [0.2, 0.25) is 0 Å². The van der Waals surface area contributed by atoms with E-state index in [1.54, 1.807) is 30.5 Å². The van der Waals surface area contributed by atoms with Crippen LogP contribution in [0.15, 0.2) is 57.6 Å². The summed E-state index contributed by atoms with van der Waals surface area (Å²) < 4.78 is 48.8. The van der Waals surface area contributed by atoms with Crippen molar-refractivity contribution in [2.45, 2.75) is 31.9 Å². The van der Waals surface area contributed by atoms with Gasteiger partial charge in [-0.05, 0) is 78.0 Å². The Morgan fingerprint density at radius 1 is 1.03 bits per heavy atom. The van der Waals surface area contributed by atoms with E-state index in [0.29, 0.717) is 40.6 Å². The van der Waals surface area contributed by atoms with Gasteiger partial charge >= 0.3 is 12.1 Å². The van der Waals surface area contributed by atoms with E-state index < -0.39 is 17.8 Å². The molecule has 0 N–H and O–H groups in total. The van der Waals surface area contributed by atoms with Crippen molar-refractivity contribution < 1.29 is 22.7 Å². The Bertz CT molecular complexity index is 1420. The number of nitrogens with zero attached hydrogens (tertiary/aromatic N) is 3.